The van der Waals surface area contributed by atoms with Gasteiger partial charge in [-0.25, -0.2) is 4.39 Å². The Bertz CT molecular complexity index is 498. The second kappa shape index (κ2) is 4.67. The number of tetrazole rings is 1. The van der Waals surface area contributed by atoms with Gasteiger partial charge in [-0.2, -0.15) is 4.68 Å². The summed E-state index contributed by atoms with van der Waals surface area (Å²) in [6.07, 6.45) is 0. The van der Waals surface area contributed by atoms with Crippen molar-refractivity contribution in [3.63, 3.8) is 0 Å². The first-order chi connectivity index (χ1) is 7.72. The minimum Gasteiger partial charge on any atom is -0.313 e. The van der Waals surface area contributed by atoms with Crippen LogP contribution in [-0.4, -0.2) is 27.3 Å². The van der Waals surface area contributed by atoms with Gasteiger partial charge in [-0.3, -0.25) is 0 Å². The maximum Gasteiger partial charge on any atom is 0.170 e. The van der Waals surface area contributed by atoms with Crippen LogP contribution in [-0.2, 0) is 6.54 Å². The fourth-order valence-electron chi connectivity index (χ4n) is 1.29. The van der Waals surface area contributed by atoms with Crippen LogP contribution >= 0.6 is 15.9 Å². The third-order valence-corrected chi connectivity index (χ3v) is 2.62. The van der Waals surface area contributed by atoms with E-state index in [1.165, 1.54) is 6.07 Å². The zero-order chi connectivity index (χ0) is 11.5. The lowest BCUT2D eigenvalue weighted by Crippen LogP contribution is -2.12. The molecule has 0 saturated heterocycles. The lowest BCUT2D eigenvalue weighted by molar-refractivity contribution is 0.619. The Kier molecular flexibility index (Phi) is 3.25. The molecule has 1 heterocycles. The smallest absolute Gasteiger partial charge is 0.170 e. The van der Waals surface area contributed by atoms with E-state index < -0.39 is 0 Å². The van der Waals surface area contributed by atoms with Crippen molar-refractivity contribution in [3.05, 3.63) is 34.3 Å². The predicted molar refractivity (Wildman–Crippen MR) is 59.6 cm³/mol. The summed E-state index contributed by atoms with van der Waals surface area (Å²) >= 11 is 3.12. The topological polar surface area (TPSA) is 55.6 Å². The molecule has 5 nitrogen and oxygen atoms in total. The molecular formula is C9H9BrFN5. The van der Waals surface area contributed by atoms with Crippen LogP contribution in [0, 0.1) is 5.82 Å². The van der Waals surface area contributed by atoms with E-state index in [-0.39, 0.29) is 5.82 Å². The molecule has 0 bridgehead atoms. The van der Waals surface area contributed by atoms with Crippen molar-refractivity contribution in [2.75, 3.05) is 7.05 Å². The number of rotatable bonds is 3. The summed E-state index contributed by atoms with van der Waals surface area (Å²) in [5.74, 6) is 0.355. The number of halogens is 2. The van der Waals surface area contributed by atoms with Gasteiger partial charge in [0.15, 0.2) is 5.82 Å². The van der Waals surface area contributed by atoms with Crippen LogP contribution in [0.3, 0.4) is 0 Å². The maximum atomic E-state index is 13.1. The normalized spacial score (nSPS) is 10.7. The van der Waals surface area contributed by atoms with Crippen molar-refractivity contribution >= 4 is 15.9 Å². The van der Waals surface area contributed by atoms with Crippen LogP contribution in [0.25, 0.3) is 5.69 Å². The van der Waals surface area contributed by atoms with Crippen molar-refractivity contribution in [1.82, 2.24) is 25.5 Å². The van der Waals surface area contributed by atoms with Crippen molar-refractivity contribution in [1.29, 1.82) is 0 Å². The Balaban J connectivity index is 2.42. The first-order valence-electron chi connectivity index (χ1n) is 4.59. The van der Waals surface area contributed by atoms with Gasteiger partial charge in [0.1, 0.15) is 5.82 Å². The molecule has 0 fully saturated rings. The number of nitrogens with one attached hydrogen (secondary N) is 1. The van der Waals surface area contributed by atoms with Crippen LogP contribution in [0.2, 0.25) is 0 Å². The van der Waals surface area contributed by atoms with Crippen LogP contribution < -0.4 is 5.32 Å². The zero-order valence-electron chi connectivity index (χ0n) is 8.48. The van der Waals surface area contributed by atoms with E-state index in [0.717, 1.165) is 0 Å². The summed E-state index contributed by atoms with van der Waals surface area (Å²) in [6.45, 7) is 0.544. The Labute approximate surface area is 99.8 Å². The van der Waals surface area contributed by atoms with Crippen LogP contribution in [0.1, 0.15) is 5.82 Å². The number of aromatic nitrogens is 4. The van der Waals surface area contributed by atoms with Gasteiger partial charge < -0.3 is 5.32 Å². The summed E-state index contributed by atoms with van der Waals surface area (Å²) < 4.78 is 15.0. The highest BCUT2D eigenvalue weighted by Crippen LogP contribution is 2.19. The molecule has 2 aromatic rings. The molecule has 1 N–H and O–H groups in total. The van der Waals surface area contributed by atoms with Gasteiger partial charge in [-0.1, -0.05) is 0 Å². The Morgan fingerprint density at radius 2 is 2.31 bits per heavy atom. The van der Waals surface area contributed by atoms with Crippen molar-refractivity contribution in [3.8, 4) is 5.69 Å². The van der Waals surface area contributed by atoms with Crippen molar-refractivity contribution in [2.24, 2.45) is 0 Å². The standard InChI is InChI=1S/C9H9BrFN5/c1-12-5-9-13-14-15-16(9)6-2-3-8(11)7(10)4-6/h2-4,12H,5H2,1H3. The van der Waals surface area contributed by atoms with E-state index in [1.54, 1.807) is 23.9 Å². The number of nitrogens with zero attached hydrogens (tertiary/aromatic N) is 4. The molecule has 1 aromatic carbocycles. The van der Waals surface area contributed by atoms with E-state index in [2.05, 4.69) is 36.8 Å². The summed E-state index contributed by atoms with van der Waals surface area (Å²) in [6, 6.07) is 4.62. The summed E-state index contributed by atoms with van der Waals surface area (Å²) in [4.78, 5) is 0. The van der Waals surface area contributed by atoms with Gasteiger partial charge in [0.25, 0.3) is 0 Å². The number of hydrogen-bond donors (Lipinski definition) is 1. The molecular weight excluding hydrogens is 277 g/mol. The highest BCUT2D eigenvalue weighted by Gasteiger charge is 2.08. The molecule has 0 aliphatic rings. The molecule has 0 unspecified atom stereocenters. The van der Waals surface area contributed by atoms with Gasteiger partial charge in [-0.15, -0.1) is 5.10 Å². The molecule has 1 aromatic heterocycles. The summed E-state index contributed by atoms with van der Waals surface area (Å²) in [5, 5.41) is 14.3. The van der Waals surface area contributed by atoms with E-state index in [9.17, 15) is 4.39 Å². The fourth-order valence-corrected chi connectivity index (χ4v) is 1.66. The van der Waals surface area contributed by atoms with E-state index in [0.29, 0.717) is 22.5 Å². The summed E-state index contributed by atoms with van der Waals surface area (Å²) in [5.41, 5.74) is 0.712. The van der Waals surface area contributed by atoms with Gasteiger partial charge >= 0.3 is 0 Å². The average molecular weight is 286 g/mol. The highest BCUT2D eigenvalue weighted by atomic mass is 79.9. The first-order valence-corrected chi connectivity index (χ1v) is 5.39. The molecule has 0 atom stereocenters. The monoisotopic (exact) mass is 285 g/mol. The maximum absolute atomic E-state index is 13.1. The quantitative estimate of drug-likeness (QED) is 0.923. The molecule has 0 spiro atoms. The molecule has 16 heavy (non-hydrogen) atoms. The van der Waals surface area contributed by atoms with Crippen LogP contribution in [0.15, 0.2) is 22.7 Å². The lowest BCUT2D eigenvalue weighted by Gasteiger charge is -2.04. The zero-order valence-corrected chi connectivity index (χ0v) is 10.1. The fraction of sp³-hybridized carbons (Fsp3) is 0.222. The highest BCUT2D eigenvalue weighted by molar-refractivity contribution is 9.10. The molecule has 0 radical (unpaired) electrons. The SMILES string of the molecule is CNCc1nnnn1-c1ccc(F)c(Br)c1. The molecule has 0 amide bonds. The molecule has 84 valence electrons. The first kappa shape index (κ1) is 11.2. The minimum atomic E-state index is -0.313. The second-order valence-electron chi connectivity index (χ2n) is 3.14. The Morgan fingerprint density at radius 3 is 3.00 bits per heavy atom. The van der Waals surface area contributed by atoms with E-state index >= 15 is 0 Å². The third-order valence-electron chi connectivity index (χ3n) is 2.02. The van der Waals surface area contributed by atoms with E-state index in [1.807, 2.05) is 0 Å². The van der Waals surface area contributed by atoms with Crippen molar-refractivity contribution < 1.29 is 4.39 Å². The van der Waals surface area contributed by atoms with Crippen LogP contribution in [0.4, 0.5) is 4.39 Å². The Hall–Kier alpha value is -1.34. The second-order valence-corrected chi connectivity index (χ2v) is 3.99. The molecule has 7 heteroatoms. The molecule has 0 saturated carbocycles. The average Bonchev–Trinajstić information content (AvgIpc) is 2.71. The molecule has 2 rings (SSSR count). The third kappa shape index (κ3) is 2.10. The molecule has 0 aliphatic carbocycles. The van der Waals surface area contributed by atoms with Gasteiger partial charge in [0, 0.05) is 0 Å². The van der Waals surface area contributed by atoms with E-state index in [4.69, 9.17) is 0 Å². The predicted octanol–water partition coefficient (Wildman–Crippen LogP) is 1.28. The van der Waals surface area contributed by atoms with Gasteiger partial charge in [-0.05, 0) is 51.6 Å². The molecule has 0 aliphatic heterocycles. The number of benzene rings is 1. The minimum absolute atomic E-state index is 0.313. The Morgan fingerprint density at radius 1 is 1.50 bits per heavy atom. The number of hydrogen-bond acceptors (Lipinski definition) is 4. The van der Waals surface area contributed by atoms with Gasteiger partial charge in [0.05, 0.1) is 16.7 Å². The van der Waals surface area contributed by atoms with Gasteiger partial charge in [0.2, 0.25) is 0 Å². The largest absolute Gasteiger partial charge is 0.313 e. The summed E-state index contributed by atoms with van der Waals surface area (Å²) in [7, 11) is 1.81. The van der Waals surface area contributed by atoms with Crippen LogP contribution in [0.5, 0.6) is 0 Å². The van der Waals surface area contributed by atoms with Crippen molar-refractivity contribution in [2.45, 2.75) is 6.54 Å². The lowest BCUT2D eigenvalue weighted by atomic mass is 10.3.